The minimum absolute atomic E-state index is 0.727. The third-order valence-electron chi connectivity index (χ3n) is 2.21. The van der Waals surface area contributed by atoms with Gasteiger partial charge in [0.15, 0.2) is 0 Å². The van der Waals surface area contributed by atoms with Gasteiger partial charge >= 0.3 is 0 Å². The molecule has 72 valence electrons. The minimum Gasteiger partial charge on any atom is -0.330 e. The van der Waals surface area contributed by atoms with Crippen molar-refractivity contribution in [3.8, 4) is 0 Å². The molecule has 0 aliphatic rings. The van der Waals surface area contributed by atoms with E-state index in [9.17, 15) is 0 Å². The highest BCUT2D eigenvalue weighted by Gasteiger charge is 1.96. The molecule has 0 radical (unpaired) electrons. The van der Waals surface area contributed by atoms with Gasteiger partial charge in [0.25, 0.3) is 0 Å². The summed E-state index contributed by atoms with van der Waals surface area (Å²) in [6, 6.07) is 4.05. The van der Waals surface area contributed by atoms with Gasteiger partial charge in [-0.1, -0.05) is 0 Å². The lowest BCUT2D eigenvalue weighted by Gasteiger charge is -2.01. The molecule has 0 saturated carbocycles. The molecular weight excluding hydrogens is 174 g/mol. The lowest BCUT2D eigenvalue weighted by Crippen LogP contribution is -2.00. The monoisotopic (exact) mass is 187 g/mol. The first-order chi connectivity index (χ1) is 6.90. The van der Waals surface area contributed by atoms with E-state index in [0.29, 0.717) is 0 Å². The third-order valence-corrected chi connectivity index (χ3v) is 2.21. The maximum atomic E-state index is 5.46. The van der Waals surface area contributed by atoms with Gasteiger partial charge < -0.3 is 5.73 Å². The lowest BCUT2D eigenvalue weighted by atomic mass is 10.1. The molecule has 0 aromatic carbocycles. The second-order valence-electron chi connectivity index (χ2n) is 3.30. The average Bonchev–Trinajstić information content (AvgIpc) is 2.26. The van der Waals surface area contributed by atoms with Crippen LogP contribution in [0.1, 0.15) is 12.0 Å². The van der Waals surface area contributed by atoms with Crippen LogP contribution >= 0.6 is 0 Å². The van der Waals surface area contributed by atoms with E-state index in [1.54, 1.807) is 6.20 Å². The molecule has 0 aliphatic carbocycles. The van der Waals surface area contributed by atoms with Crippen LogP contribution < -0.4 is 5.73 Å². The summed E-state index contributed by atoms with van der Waals surface area (Å²) in [5, 5.41) is 1.10. The maximum absolute atomic E-state index is 5.46. The third kappa shape index (κ3) is 1.88. The molecule has 0 amide bonds. The van der Waals surface area contributed by atoms with Crippen molar-refractivity contribution in [1.29, 1.82) is 0 Å². The zero-order valence-corrected chi connectivity index (χ0v) is 7.98. The van der Waals surface area contributed by atoms with Crippen LogP contribution in [0.2, 0.25) is 0 Å². The van der Waals surface area contributed by atoms with E-state index in [-0.39, 0.29) is 0 Å². The Morgan fingerprint density at radius 3 is 3.07 bits per heavy atom. The Hall–Kier alpha value is -1.48. The number of aromatic nitrogens is 2. The maximum Gasteiger partial charge on any atom is 0.0732 e. The Labute approximate surface area is 83.0 Å². The van der Waals surface area contributed by atoms with E-state index in [1.165, 1.54) is 5.56 Å². The number of fused-ring (bicyclic) bond motifs is 1. The molecular formula is C11H13N3. The van der Waals surface area contributed by atoms with Crippen LogP contribution in [0, 0.1) is 0 Å². The number of nitrogens with two attached hydrogens (primary N) is 1. The summed E-state index contributed by atoms with van der Waals surface area (Å²) in [5.41, 5.74) is 7.69. The summed E-state index contributed by atoms with van der Waals surface area (Å²) in [6.45, 7) is 0.727. The van der Waals surface area contributed by atoms with Gasteiger partial charge in [0.2, 0.25) is 0 Å². The van der Waals surface area contributed by atoms with Gasteiger partial charge in [0.05, 0.1) is 5.52 Å². The quantitative estimate of drug-likeness (QED) is 0.792. The zero-order chi connectivity index (χ0) is 9.80. The molecule has 2 N–H and O–H groups in total. The zero-order valence-electron chi connectivity index (χ0n) is 7.98. The van der Waals surface area contributed by atoms with E-state index < -0.39 is 0 Å². The first kappa shape index (κ1) is 9.09. The van der Waals surface area contributed by atoms with Gasteiger partial charge in [0, 0.05) is 24.0 Å². The minimum atomic E-state index is 0.727. The highest BCUT2D eigenvalue weighted by Crippen LogP contribution is 2.12. The Morgan fingerprint density at radius 1 is 1.29 bits per heavy atom. The van der Waals surface area contributed by atoms with E-state index in [4.69, 9.17) is 5.73 Å². The number of rotatable bonds is 3. The van der Waals surface area contributed by atoms with Gasteiger partial charge in [0.1, 0.15) is 0 Å². The number of aryl methyl sites for hydroxylation is 1. The molecule has 3 nitrogen and oxygen atoms in total. The SMILES string of the molecule is NCCCc1cnc2ccncc2c1. The summed E-state index contributed by atoms with van der Waals surface area (Å²) in [7, 11) is 0. The molecule has 14 heavy (non-hydrogen) atoms. The second kappa shape index (κ2) is 4.15. The smallest absolute Gasteiger partial charge is 0.0732 e. The lowest BCUT2D eigenvalue weighted by molar-refractivity contribution is 0.830. The Bertz CT molecular complexity index is 426. The molecule has 2 aromatic rings. The van der Waals surface area contributed by atoms with Gasteiger partial charge in [-0.25, -0.2) is 0 Å². The number of pyridine rings is 2. The normalized spacial score (nSPS) is 10.6. The van der Waals surface area contributed by atoms with Crippen molar-refractivity contribution in [2.24, 2.45) is 5.73 Å². The largest absolute Gasteiger partial charge is 0.330 e. The Kier molecular flexibility index (Phi) is 2.70. The van der Waals surface area contributed by atoms with Crippen molar-refractivity contribution < 1.29 is 0 Å². The highest BCUT2D eigenvalue weighted by atomic mass is 14.7. The van der Waals surface area contributed by atoms with E-state index in [1.807, 2.05) is 18.5 Å². The van der Waals surface area contributed by atoms with E-state index in [2.05, 4.69) is 16.0 Å². The summed E-state index contributed by atoms with van der Waals surface area (Å²) < 4.78 is 0. The molecule has 0 atom stereocenters. The second-order valence-corrected chi connectivity index (χ2v) is 3.30. The summed E-state index contributed by atoms with van der Waals surface area (Å²) in [6.07, 6.45) is 7.52. The molecule has 2 rings (SSSR count). The van der Waals surface area contributed by atoms with Crippen LogP contribution in [0.5, 0.6) is 0 Å². The Balaban J connectivity index is 2.32. The fourth-order valence-electron chi connectivity index (χ4n) is 1.46. The molecule has 0 fully saturated rings. The van der Waals surface area contributed by atoms with Crippen molar-refractivity contribution in [2.75, 3.05) is 6.54 Å². The highest BCUT2D eigenvalue weighted by molar-refractivity contribution is 5.77. The van der Waals surface area contributed by atoms with Gasteiger partial charge in [-0.3, -0.25) is 9.97 Å². The van der Waals surface area contributed by atoms with Crippen LogP contribution in [0.25, 0.3) is 10.9 Å². The van der Waals surface area contributed by atoms with Crippen molar-refractivity contribution in [3.63, 3.8) is 0 Å². The van der Waals surface area contributed by atoms with Crippen LogP contribution in [-0.4, -0.2) is 16.5 Å². The van der Waals surface area contributed by atoms with Crippen LogP contribution in [-0.2, 0) is 6.42 Å². The molecule has 0 spiro atoms. The first-order valence-electron chi connectivity index (χ1n) is 4.79. The summed E-state index contributed by atoms with van der Waals surface area (Å²) in [4.78, 5) is 8.42. The van der Waals surface area contributed by atoms with Crippen molar-refractivity contribution in [2.45, 2.75) is 12.8 Å². The molecule has 2 heterocycles. The fourth-order valence-corrected chi connectivity index (χ4v) is 1.46. The van der Waals surface area contributed by atoms with Crippen LogP contribution in [0.3, 0.4) is 0 Å². The number of hydrogen-bond donors (Lipinski definition) is 1. The average molecular weight is 187 g/mol. The predicted octanol–water partition coefficient (Wildman–Crippen LogP) is 1.52. The summed E-state index contributed by atoms with van der Waals surface area (Å²) >= 11 is 0. The van der Waals surface area contributed by atoms with Gasteiger partial charge in [-0.2, -0.15) is 0 Å². The van der Waals surface area contributed by atoms with Crippen molar-refractivity contribution in [1.82, 2.24) is 9.97 Å². The molecule has 0 unspecified atom stereocenters. The Morgan fingerprint density at radius 2 is 2.21 bits per heavy atom. The van der Waals surface area contributed by atoms with Crippen molar-refractivity contribution in [3.05, 3.63) is 36.3 Å². The number of nitrogens with zero attached hydrogens (tertiary/aromatic N) is 2. The molecule has 3 heteroatoms. The van der Waals surface area contributed by atoms with Crippen LogP contribution in [0.15, 0.2) is 30.7 Å². The van der Waals surface area contributed by atoms with E-state index >= 15 is 0 Å². The molecule has 0 aliphatic heterocycles. The van der Waals surface area contributed by atoms with E-state index in [0.717, 1.165) is 30.3 Å². The summed E-state index contributed by atoms with van der Waals surface area (Å²) in [5.74, 6) is 0. The fraction of sp³-hybridized carbons (Fsp3) is 0.273. The first-order valence-corrected chi connectivity index (χ1v) is 4.79. The van der Waals surface area contributed by atoms with Gasteiger partial charge in [-0.15, -0.1) is 0 Å². The van der Waals surface area contributed by atoms with Gasteiger partial charge in [-0.05, 0) is 37.1 Å². The van der Waals surface area contributed by atoms with Crippen LogP contribution in [0.4, 0.5) is 0 Å². The topological polar surface area (TPSA) is 51.8 Å². The number of hydrogen-bond acceptors (Lipinski definition) is 3. The molecule has 2 aromatic heterocycles. The molecule has 0 saturated heterocycles. The predicted molar refractivity (Wildman–Crippen MR) is 56.9 cm³/mol. The van der Waals surface area contributed by atoms with Crippen molar-refractivity contribution >= 4 is 10.9 Å². The molecule has 0 bridgehead atoms. The standard InChI is InChI=1S/C11H13N3/c12-4-1-2-9-6-10-8-13-5-3-11(10)14-7-9/h3,5-8H,1-2,4,12H2.